The topological polar surface area (TPSA) is 40.8 Å². The van der Waals surface area contributed by atoms with Crippen molar-refractivity contribution in [2.75, 3.05) is 0 Å². The molecule has 0 fully saturated rings. The summed E-state index contributed by atoms with van der Waals surface area (Å²) < 4.78 is 85.8. The maximum absolute atomic E-state index is 9.51. The average molecular weight is 825 g/mol. The fraction of sp³-hybridized carbons (Fsp3) is 0. The number of nitrogens with zero attached hydrogens (tertiary/aromatic N) is 4. The van der Waals surface area contributed by atoms with Crippen LogP contribution in [0, 0.1) is 0 Å². The first kappa shape index (κ1) is 28.0. The number of pyridine rings is 1. The van der Waals surface area contributed by atoms with Crippen LogP contribution in [0.25, 0.3) is 127 Å². The summed E-state index contributed by atoms with van der Waals surface area (Å²) in [6.45, 7) is 0. The predicted octanol–water partition coefficient (Wildman–Crippen LogP) is 15.6. The number of hydrogen-bond acceptors (Lipinski definition) is 2. The molecule has 0 spiro atoms. The Morgan fingerprint density at radius 2 is 0.891 bits per heavy atom. The van der Waals surface area contributed by atoms with Gasteiger partial charge in [-0.25, -0.2) is 4.98 Å². The highest BCUT2D eigenvalue weighted by Crippen LogP contribution is 2.45. The summed E-state index contributed by atoms with van der Waals surface area (Å²) in [6, 6.07) is 53.2. The summed E-state index contributed by atoms with van der Waals surface area (Å²) in [5.41, 5.74) is 9.06. The van der Waals surface area contributed by atoms with Gasteiger partial charge >= 0.3 is 0 Å². The Bertz CT molecular complexity index is 4510. The van der Waals surface area contributed by atoms with Gasteiger partial charge in [0.2, 0.25) is 0 Å². The number of rotatable bonds is 5. The van der Waals surface area contributed by atoms with Gasteiger partial charge in [-0.05, 0) is 60.1 Å². The molecule has 0 N–H and O–H groups in total. The molecule has 0 aliphatic rings. The minimum atomic E-state index is -0.509. The maximum atomic E-state index is 9.51. The lowest BCUT2D eigenvalue weighted by molar-refractivity contribution is 0.670. The first-order valence-electron chi connectivity index (χ1n) is 25.1. The Morgan fingerprint density at radius 1 is 0.391 bits per heavy atom. The van der Waals surface area contributed by atoms with Gasteiger partial charge < -0.3 is 13.6 Å². The summed E-state index contributed by atoms with van der Waals surface area (Å²) in [4.78, 5) is 5.70. The largest absolute Gasteiger partial charge is 0.455 e. The summed E-state index contributed by atoms with van der Waals surface area (Å²) in [6.07, 6.45) is 0. The van der Waals surface area contributed by atoms with Crippen molar-refractivity contribution in [3.8, 4) is 39.6 Å². The predicted molar refractivity (Wildman–Crippen MR) is 265 cm³/mol. The van der Waals surface area contributed by atoms with E-state index in [-0.39, 0.29) is 21.8 Å². The quantitative estimate of drug-likeness (QED) is 0.173. The van der Waals surface area contributed by atoms with E-state index in [1.165, 1.54) is 0 Å². The molecule has 14 rings (SSSR count). The zero-order valence-corrected chi connectivity index (χ0v) is 33.9. The summed E-state index contributed by atoms with van der Waals surface area (Å²) >= 11 is 0. The molecule has 14 aromatic rings. The standard InChI is InChI=1S/C59H36N4O/c1-8-27-49-38(17-1)39-18-2-9-28-50(39)61(49)37-35-48(60-57(36-37)63-53-31-12-5-21-42(53)43-22-6-13-32-54(43)63)58-45(47-26-15-25-46-44-23-7-14-34-56(44)64-59(46)47)24-16-33-55(58)62-51-29-10-3-19-40(51)41-20-4-11-30-52(41)62/h1-36H/i1D,2D,8D,9D,17D,18D,27D,28D. The summed E-state index contributed by atoms with van der Waals surface area (Å²) in [7, 11) is 0. The number of para-hydroxylation sites is 8. The Balaban J connectivity index is 1.21. The van der Waals surface area contributed by atoms with E-state index in [4.69, 9.17) is 14.9 Å². The van der Waals surface area contributed by atoms with E-state index in [0.29, 0.717) is 28.3 Å². The van der Waals surface area contributed by atoms with Gasteiger partial charge in [0.1, 0.15) is 17.0 Å². The van der Waals surface area contributed by atoms with E-state index in [2.05, 4.69) is 75.9 Å². The van der Waals surface area contributed by atoms with Crippen LogP contribution in [0.5, 0.6) is 0 Å². The van der Waals surface area contributed by atoms with Crippen LogP contribution in [0.15, 0.2) is 223 Å². The van der Waals surface area contributed by atoms with Crippen LogP contribution in [0.4, 0.5) is 0 Å². The zero-order chi connectivity index (χ0) is 48.8. The Labute approximate surface area is 378 Å². The molecule has 0 aliphatic carbocycles. The van der Waals surface area contributed by atoms with Crippen molar-refractivity contribution in [3.63, 3.8) is 0 Å². The molecule has 0 atom stereocenters. The molecule has 5 nitrogen and oxygen atoms in total. The van der Waals surface area contributed by atoms with Gasteiger partial charge in [-0.3, -0.25) is 4.57 Å². The molecule has 0 radical (unpaired) electrons. The van der Waals surface area contributed by atoms with E-state index in [9.17, 15) is 5.48 Å². The van der Waals surface area contributed by atoms with Crippen LogP contribution in [0.1, 0.15) is 11.0 Å². The molecular weight excluding hydrogens is 781 g/mol. The Morgan fingerprint density at radius 3 is 1.52 bits per heavy atom. The third kappa shape index (κ3) is 4.92. The molecule has 0 saturated carbocycles. The highest BCUT2D eigenvalue weighted by atomic mass is 16.3. The SMILES string of the molecule is [2H]c1c([2H])c([2H])c2c(c1[2H])c1c([2H])c([2H])c([2H])c([2H])c1n2-c1cc(-c2c(-c3cccc4c3oc3ccccc34)cccc2-n2c3ccccc3c3ccccc32)nc(-n2c3ccccc3c3ccccc32)c1. The lowest BCUT2D eigenvalue weighted by Crippen LogP contribution is -2.06. The van der Waals surface area contributed by atoms with Gasteiger partial charge in [-0.15, -0.1) is 0 Å². The van der Waals surface area contributed by atoms with Crippen LogP contribution in [-0.2, 0) is 0 Å². The van der Waals surface area contributed by atoms with Crippen molar-refractivity contribution >= 4 is 87.4 Å². The van der Waals surface area contributed by atoms with Gasteiger partial charge in [0.05, 0.1) is 61.1 Å². The number of benzene rings is 9. The second-order valence-corrected chi connectivity index (χ2v) is 16.1. The third-order valence-electron chi connectivity index (χ3n) is 12.7. The van der Waals surface area contributed by atoms with Gasteiger partial charge in [-0.1, -0.05) is 158 Å². The zero-order valence-electron chi connectivity index (χ0n) is 41.9. The molecule has 5 heterocycles. The smallest absolute Gasteiger partial charge is 0.143 e. The monoisotopic (exact) mass is 824 g/mol. The molecule has 9 aromatic carbocycles. The number of furan rings is 1. The molecule has 298 valence electrons. The normalized spacial score (nSPS) is 13.8. The van der Waals surface area contributed by atoms with Crippen LogP contribution in [-0.4, -0.2) is 18.7 Å². The fourth-order valence-electron chi connectivity index (χ4n) is 10.1. The molecule has 0 aliphatic heterocycles. The molecule has 5 aromatic heterocycles. The van der Waals surface area contributed by atoms with E-state index in [1.54, 1.807) is 4.57 Å². The minimum Gasteiger partial charge on any atom is -0.455 e. The second-order valence-electron chi connectivity index (χ2n) is 16.1. The van der Waals surface area contributed by atoms with Crippen LogP contribution in [0.3, 0.4) is 0 Å². The molecule has 0 bridgehead atoms. The molecular formula is C59H36N4O. The third-order valence-corrected chi connectivity index (χ3v) is 12.7. The first-order chi connectivity index (χ1) is 35.1. The van der Waals surface area contributed by atoms with Crippen molar-refractivity contribution < 1.29 is 15.4 Å². The van der Waals surface area contributed by atoms with E-state index in [0.717, 1.165) is 76.8 Å². The maximum Gasteiger partial charge on any atom is 0.143 e. The Kier molecular flexibility index (Phi) is 5.88. The van der Waals surface area contributed by atoms with Crippen molar-refractivity contribution in [2.45, 2.75) is 0 Å². The van der Waals surface area contributed by atoms with Gasteiger partial charge in [0.25, 0.3) is 0 Å². The molecule has 0 unspecified atom stereocenters. The number of aromatic nitrogens is 4. The lowest BCUT2D eigenvalue weighted by Gasteiger charge is -2.20. The molecule has 64 heavy (non-hydrogen) atoms. The van der Waals surface area contributed by atoms with Crippen molar-refractivity contribution in [1.29, 1.82) is 0 Å². The van der Waals surface area contributed by atoms with Crippen LogP contribution < -0.4 is 0 Å². The highest BCUT2D eigenvalue weighted by Gasteiger charge is 2.25. The van der Waals surface area contributed by atoms with Crippen molar-refractivity contribution in [3.05, 3.63) is 218 Å². The van der Waals surface area contributed by atoms with E-state index < -0.39 is 48.3 Å². The van der Waals surface area contributed by atoms with Crippen LogP contribution >= 0.6 is 0 Å². The van der Waals surface area contributed by atoms with Crippen molar-refractivity contribution in [2.24, 2.45) is 0 Å². The molecule has 0 amide bonds. The average Bonchev–Trinajstić information content (AvgIpc) is 4.17. The second kappa shape index (κ2) is 13.4. The van der Waals surface area contributed by atoms with E-state index >= 15 is 0 Å². The van der Waals surface area contributed by atoms with Crippen molar-refractivity contribution in [1.82, 2.24) is 18.7 Å². The highest BCUT2D eigenvalue weighted by molar-refractivity contribution is 6.14. The summed E-state index contributed by atoms with van der Waals surface area (Å²) in [5, 5.41) is 6.00. The summed E-state index contributed by atoms with van der Waals surface area (Å²) in [5.74, 6) is 0.460. The van der Waals surface area contributed by atoms with Crippen LogP contribution in [0.2, 0.25) is 0 Å². The molecule has 5 heteroatoms. The fourth-order valence-corrected chi connectivity index (χ4v) is 10.1. The number of hydrogen-bond donors (Lipinski definition) is 0. The first-order valence-corrected chi connectivity index (χ1v) is 21.1. The molecule has 0 saturated heterocycles. The van der Waals surface area contributed by atoms with Gasteiger partial charge in [-0.2, -0.15) is 0 Å². The van der Waals surface area contributed by atoms with Gasteiger partial charge in [0.15, 0.2) is 0 Å². The van der Waals surface area contributed by atoms with Gasteiger partial charge in [0, 0.05) is 60.3 Å². The van der Waals surface area contributed by atoms with E-state index in [1.807, 2.05) is 103 Å². The number of fused-ring (bicyclic) bond motifs is 12. The minimum absolute atomic E-state index is 0.0104. The Hall–Kier alpha value is -8.67. The lowest BCUT2D eigenvalue weighted by atomic mass is 9.93.